The molecule has 0 bridgehead atoms. The molecule has 2 atom stereocenters. The molecule has 0 aliphatic carbocycles. The molecule has 1 aliphatic heterocycles. The van der Waals surface area contributed by atoms with Gasteiger partial charge in [-0.2, -0.15) is 4.31 Å². The highest BCUT2D eigenvalue weighted by atomic mass is 32.2. The van der Waals surface area contributed by atoms with Crippen molar-refractivity contribution in [2.24, 2.45) is 0 Å². The number of amides is 1. The summed E-state index contributed by atoms with van der Waals surface area (Å²) in [4.78, 5) is 15.5. The summed E-state index contributed by atoms with van der Waals surface area (Å²) >= 11 is 0. The highest BCUT2D eigenvalue weighted by molar-refractivity contribution is 7.89. The highest BCUT2D eigenvalue weighted by Gasteiger charge is 2.32. The smallest absolute Gasteiger partial charge is 0.254 e. The predicted octanol–water partition coefficient (Wildman–Crippen LogP) is 4.37. The number of carbonyl (C=O) groups excluding carboxylic acids is 1. The Morgan fingerprint density at radius 3 is 2.11 bits per heavy atom. The Morgan fingerprint density at radius 1 is 0.886 bits per heavy atom. The van der Waals surface area contributed by atoms with Crippen LogP contribution in [0.1, 0.15) is 35.3 Å². The van der Waals surface area contributed by atoms with Crippen LogP contribution in [0.4, 0.5) is 0 Å². The van der Waals surface area contributed by atoms with Crippen molar-refractivity contribution in [2.75, 3.05) is 19.6 Å². The molecule has 1 amide bonds. The van der Waals surface area contributed by atoms with Gasteiger partial charge in [0.25, 0.3) is 5.91 Å². The number of morpholine rings is 1. The number of rotatable bonds is 8. The highest BCUT2D eigenvalue weighted by Crippen LogP contribution is 2.23. The van der Waals surface area contributed by atoms with Gasteiger partial charge in [-0.25, -0.2) is 8.42 Å². The average molecular weight is 493 g/mol. The van der Waals surface area contributed by atoms with Crippen LogP contribution in [0.3, 0.4) is 0 Å². The molecule has 6 nitrogen and oxygen atoms in total. The van der Waals surface area contributed by atoms with Crippen LogP contribution in [0.2, 0.25) is 0 Å². The van der Waals surface area contributed by atoms with Crippen LogP contribution in [-0.2, 0) is 27.7 Å². The summed E-state index contributed by atoms with van der Waals surface area (Å²) in [7, 11) is -3.74. The van der Waals surface area contributed by atoms with E-state index in [-0.39, 0.29) is 23.0 Å². The van der Waals surface area contributed by atoms with Gasteiger partial charge in [-0.15, -0.1) is 0 Å². The predicted molar refractivity (Wildman–Crippen MR) is 137 cm³/mol. The van der Waals surface area contributed by atoms with Crippen molar-refractivity contribution in [3.63, 3.8) is 0 Å². The Balaban J connectivity index is 1.58. The molecule has 0 unspecified atom stereocenters. The number of hydrogen-bond acceptors (Lipinski definition) is 4. The maximum atomic E-state index is 13.6. The zero-order valence-corrected chi connectivity index (χ0v) is 21.0. The van der Waals surface area contributed by atoms with Gasteiger partial charge in [0.2, 0.25) is 10.0 Å². The molecule has 0 spiro atoms. The van der Waals surface area contributed by atoms with Gasteiger partial charge in [0.15, 0.2) is 0 Å². The maximum absolute atomic E-state index is 13.6. The molecule has 0 saturated carbocycles. The van der Waals surface area contributed by atoms with Crippen LogP contribution in [0.15, 0.2) is 89.8 Å². The van der Waals surface area contributed by atoms with Gasteiger partial charge in [0.1, 0.15) is 0 Å². The minimum Gasteiger partial charge on any atom is -0.373 e. The lowest BCUT2D eigenvalue weighted by Crippen LogP contribution is -2.48. The second kappa shape index (κ2) is 11.2. The lowest BCUT2D eigenvalue weighted by molar-refractivity contribution is -0.0440. The van der Waals surface area contributed by atoms with Crippen molar-refractivity contribution in [3.8, 4) is 0 Å². The summed E-state index contributed by atoms with van der Waals surface area (Å²) in [6.07, 6.45) is 0.344. The third-order valence-corrected chi connectivity index (χ3v) is 7.95. The molecule has 184 valence electrons. The van der Waals surface area contributed by atoms with Gasteiger partial charge < -0.3 is 9.64 Å². The summed E-state index contributed by atoms with van der Waals surface area (Å²) in [5.74, 6) is -0.189. The molecule has 1 saturated heterocycles. The monoisotopic (exact) mass is 492 g/mol. The van der Waals surface area contributed by atoms with Crippen molar-refractivity contribution < 1.29 is 17.9 Å². The molecule has 0 radical (unpaired) electrons. The first kappa shape index (κ1) is 25.1. The van der Waals surface area contributed by atoms with Crippen LogP contribution in [0.25, 0.3) is 0 Å². The fraction of sp³-hybridized carbons (Fsp3) is 0.321. The molecule has 1 fully saturated rings. The molecule has 0 N–H and O–H groups in total. The zero-order valence-electron chi connectivity index (χ0n) is 20.2. The molecule has 4 rings (SSSR count). The van der Waals surface area contributed by atoms with Crippen LogP contribution < -0.4 is 0 Å². The van der Waals surface area contributed by atoms with Gasteiger partial charge >= 0.3 is 0 Å². The minimum absolute atomic E-state index is 0.132. The second-order valence-electron chi connectivity index (χ2n) is 9.06. The number of nitrogens with zero attached hydrogens (tertiary/aromatic N) is 2. The first-order valence-corrected chi connectivity index (χ1v) is 13.4. The number of benzene rings is 3. The van der Waals surface area contributed by atoms with E-state index in [1.54, 1.807) is 23.1 Å². The van der Waals surface area contributed by atoms with E-state index in [0.717, 1.165) is 11.1 Å². The van der Waals surface area contributed by atoms with Gasteiger partial charge in [0.05, 0.1) is 17.1 Å². The molecule has 1 heterocycles. The van der Waals surface area contributed by atoms with Crippen LogP contribution >= 0.6 is 0 Å². The fourth-order valence-corrected chi connectivity index (χ4v) is 6.05. The molecule has 3 aromatic rings. The summed E-state index contributed by atoms with van der Waals surface area (Å²) in [5.41, 5.74) is 2.53. The summed E-state index contributed by atoms with van der Waals surface area (Å²) in [6.45, 7) is 5.29. The standard InChI is InChI=1S/C28H32N2O4S/c1-22-19-30(20-23(2)34-22)35(32,33)27-15-9-14-26(18-27)28(31)29(21-25-12-7-4-8-13-25)17-16-24-10-5-3-6-11-24/h3-15,18,22-23H,16-17,19-21H2,1-2H3/t22-,23-/m1/s1. The Labute approximate surface area is 208 Å². The second-order valence-corrected chi connectivity index (χ2v) is 11.0. The zero-order chi connectivity index (χ0) is 24.8. The summed E-state index contributed by atoms with van der Waals surface area (Å²) in [5, 5.41) is 0. The van der Waals surface area contributed by atoms with Crippen LogP contribution in [-0.4, -0.2) is 55.4 Å². The van der Waals surface area contributed by atoms with E-state index in [2.05, 4.69) is 0 Å². The van der Waals surface area contributed by atoms with E-state index in [1.807, 2.05) is 74.5 Å². The van der Waals surface area contributed by atoms with Crippen molar-refractivity contribution in [1.82, 2.24) is 9.21 Å². The van der Waals surface area contributed by atoms with E-state index >= 15 is 0 Å². The van der Waals surface area contributed by atoms with Crippen LogP contribution in [0.5, 0.6) is 0 Å². The Hall–Kier alpha value is -3.00. The lowest BCUT2D eigenvalue weighted by atomic mass is 10.1. The number of carbonyl (C=O) groups is 1. The Kier molecular flexibility index (Phi) is 8.00. The molecule has 3 aromatic carbocycles. The normalized spacial score (nSPS) is 18.8. The summed E-state index contributed by atoms with van der Waals surface area (Å²) < 4.78 is 33.9. The fourth-order valence-electron chi connectivity index (χ4n) is 4.41. The minimum atomic E-state index is -3.74. The largest absolute Gasteiger partial charge is 0.373 e. The van der Waals surface area contributed by atoms with Crippen molar-refractivity contribution >= 4 is 15.9 Å². The van der Waals surface area contributed by atoms with E-state index in [1.165, 1.54) is 10.4 Å². The van der Waals surface area contributed by atoms with Gasteiger partial charge in [-0.3, -0.25) is 4.79 Å². The third-order valence-electron chi connectivity index (χ3n) is 6.12. The van der Waals surface area contributed by atoms with E-state index in [4.69, 9.17) is 4.74 Å². The van der Waals surface area contributed by atoms with Crippen molar-refractivity contribution in [2.45, 2.75) is 43.9 Å². The first-order valence-electron chi connectivity index (χ1n) is 12.0. The lowest BCUT2D eigenvalue weighted by Gasteiger charge is -2.34. The maximum Gasteiger partial charge on any atom is 0.254 e. The van der Waals surface area contributed by atoms with Crippen LogP contribution in [0, 0.1) is 0 Å². The third kappa shape index (κ3) is 6.36. The molecule has 7 heteroatoms. The summed E-state index contributed by atoms with van der Waals surface area (Å²) in [6, 6.07) is 26.3. The molecule has 0 aromatic heterocycles. The number of hydrogen-bond donors (Lipinski definition) is 0. The quantitative estimate of drug-likeness (QED) is 0.468. The SMILES string of the molecule is C[C@@H]1CN(S(=O)(=O)c2cccc(C(=O)N(CCc3ccccc3)Cc3ccccc3)c2)C[C@@H](C)O1. The van der Waals surface area contributed by atoms with Gasteiger partial charge in [-0.05, 0) is 49.6 Å². The van der Waals surface area contributed by atoms with Crippen molar-refractivity contribution in [1.29, 1.82) is 0 Å². The topological polar surface area (TPSA) is 66.9 Å². The number of ether oxygens (including phenoxy) is 1. The first-order chi connectivity index (χ1) is 16.8. The molecule has 35 heavy (non-hydrogen) atoms. The average Bonchev–Trinajstić information content (AvgIpc) is 2.87. The molecule has 1 aliphatic rings. The van der Waals surface area contributed by atoms with E-state index in [0.29, 0.717) is 38.2 Å². The van der Waals surface area contributed by atoms with Gasteiger partial charge in [-0.1, -0.05) is 66.7 Å². The number of sulfonamides is 1. The Bertz CT molecular complexity index is 1220. The van der Waals surface area contributed by atoms with E-state index in [9.17, 15) is 13.2 Å². The van der Waals surface area contributed by atoms with E-state index < -0.39 is 10.0 Å². The van der Waals surface area contributed by atoms with Gasteiger partial charge in [0, 0.05) is 31.7 Å². The Morgan fingerprint density at radius 2 is 1.49 bits per heavy atom. The molecular weight excluding hydrogens is 460 g/mol. The van der Waals surface area contributed by atoms with Crippen molar-refractivity contribution in [3.05, 3.63) is 102 Å². The molecular formula is C28H32N2O4S.